The summed E-state index contributed by atoms with van der Waals surface area (Å²) in [6, 6.07) is 0. The van der Waals surface area contributed by atoms with Gasteiger partial charge in [0.25, 0.3) is 0 Å². The predicted octanol–water partition coefficient (Wildman–Crippen LogP) is -0.670. The monoisotopic (exact) mass is 623 g/mol. The van der Waals surface area contributed by atoms with E-state index in [1.54, 1.807) is 0 Å². The number of rotatable bonds is 0. The number of hydrogen-bond acceptors (Lipinski definition) is 9. The first-order valence-corrected chi connectivity index (χ1v) is 8.04. The molecular weight excluding hydrogens is 620 g/mol. The third kappa shape index (κ3) is 17.8. The van der Waals surface area contributed by atoms with Crippen LogP contribution in [0.15, 0.2) is 0 Å². The summed E-state index contributed by atoms with van der Waals surface area (Å²) in [6.07, 6.45) is 0. The molecular formula is C3H2F9GdO10S3. The maximum atomic E-state index is 10.7. The second-order valence-electron chi connectivity index (χ2n) is 2.70. The number of hydrogen-bond donors (Lipinski definition) is 0. The Bertz CT molecular complexity index is 598. The van der Waals surface area contributed by atoms with Crippen LogP contribution in [-0.2, 0) is 30.4 Å². The minimum Gasteiger partial charge on any atom is -0.741 e. The maximum Gasteiger partial charge on any atom is 3.00 e. The van der Waals surface area contributed by atoms with E-state index in [0.717, 1.165) is 0 Å². The van der Waals surface area contributed by atoms with Crippen molar-refractivity contribution in [2.24, 2.45) is 0 Å². The van der Waals surface area contributed by atoms with Crippen molar-refractivity contribution >= 4 is 30.4 Å². The molecule has 0 aromatic heterocycles. The minimum atomic E-state index is -6.09. The second-order valence-corrected chi connectivity index (χ2v) is 6.81. The molecule has 0 amide bonds. The first-order chi connectivity index (χ1) is 9.75. The molecule has 0 spiro atoms. The Morgan fingerprint density at radius 3 is 0.500 bits per heavy atom. The van der Waals surface area contributed by atoms with Crippen LogP contribution in [-0.4, -0.2) is 60.9 Å². The fourth-order valence-electron chi connectivity index (χ4n) is 0. The summed E-state index contributed by atoms with van der Waals surface area (Å²) in [7, 11) is -18.3. The molecule has 1 radical (unpaired) electrons. The fraction of sp³-hybridized carbons (Fsp3) is 1.00. The molecule has 0 aromatic rings. The predicted molar refractivity (Wildman–Crippen MR) is 50.9 cm³/mol. The molecule has 0 aromatic carbocycles. The van der Waals surface area contributed by atoms with Crippen LogP contribution in [0.25, 0.3) is 0 Å². The van der Waals surface area contributed by atoms with E-state index >= 15 is 0 Å². The van der Waals surface area contributed by atoms with Crippen LogP contribution in [0.2, 0.25) is 0 Å². The van der Waals surface area contributed by atoms with Crippen LogP contribution in [0.3, 0.4) is 0 Å². The molecule has 0 unspecified atom stereocenters. The first kappa shape index (κ1) is 37.2. The smallest absolute Gasteiger partial charge is 0.741 e. The normalized spacial score (nSPS) is 12.9. The minimum absolute atomic E-state index is 0. The van der Waals surface area contributed by atoms with Gasteiger partial charge in [-0.3, -0.25) is 0 Å². The Labute approximate surface area is 170 Å². The van der Waals surface area contributed by atoms with Gasteiger partial charge in [-0.05, 0) is 0 Å². The standard InChI is InChI=1S/3CHF3O3S.Gd.H2O/c3*2-1(3,4)8(5,6)7;;/h3*(H,5,6,7);;1H2/q;;;+3;/p-3. The van der Waals surface area contributed by atoms with Crippen molar-refractivity contribution in [2.75, 3.05) is 0 Å². The molecule has 26 heavy (non-hydrogen) atoms. The molecule has 23 heteroatoms. The summed E-state index contributed by atoms with van der Waals surface area (Å²) in [5, 5.41) is 0. The van der Waals surface area contributed by atoms with Crippen molar-refractivity contribution in [2.45, 2.75) is 16.5 Å². The Hall–Kier alpha value is 0.385. The van der Waals surface area contributed by atoms with E-state index in [-0.39, 0.29) is 45.4 Å². The molecule has 0 fully saturated rings. The third-order valence-corrected chi connectivity index (χ3v) is 2.55. The van der Waals surface area contributed by atoms with Gasteiger partial charge < -0.3 is 19.1 Å². The molecule has 0 saturated carbocycles. The molecule has 2 N–H and O–H groups in total. The summed E-state index contributed by atoms with van der Waals surface area (Å²) in [5.41, 5.74) is -16.9. The van der Waals surface area contributed by atoms with Gasteiger partial charge in [0, 0.05) is 0 Å². The van der Waals surface area contributed by atoms with E-state index in [4.69, 9.17) is 38.9 Å². The maximum absolute atomic E-state index is 10.7. The summed E-state index contributed by atoms with van der Waals surface area (Å²) >= 11 is 0. The van der Waals surface area contributed by atoms with Gasteiger partial charge in [-0.1, -0.05) is 0 Å². The van der Waals surface area contributed by atoms with Crippen LogP contribution in [0.5, 0.6) is 0 Å². The first-order valence-electron chi connectivity index (χ1n) is 3.81. The van der Waals surface area contributed by atoms with E-state index in [2.05, 4.69) is 0 Å². The summed E-state index contributed by atoms with van der Waals surface area (Å²) < 4.78 is 177. The van der Waals surface area contributed by atoms with Crippen LogP contribution in [0.4, 0.5) is 39.5 Å². The number of alkyl halides is 9. The van der Waals surface area contributed by atoms with Crippen molar-refractivity contribution in [3.63, 3.8) is 0 Å². The Kier molecular flexibility index (Phi) is 16.3. The van der Waals surface area contributed by atoms with E-state index in [0.29, 0.717) is 0 Å². The zero-order chi connectivity index (χ0) is 21.0. The molecule has 0 aliphatic rings. The molecule has 0 aliphatic carbocycles. The summed E-state index contributed by atoms with van der Waals surface area (Å²) in [4.78, 5) is 0. The third-order valence-electron chi connectivity index (χ3n) is 0.850. The van der Waals surface area contributed by atoms with E-state index in [9.17, 15) is 39.5 Å². The average Bonchev–Trinajstić information content (AvgIpc) is 2.08. The zero-order valence-electron chi connectivity index (χ0n) is 10.7. The van der Waals surface area contributed by atoms with Crippen LogP contribution in [0, 0.1) is 39.9 Å². The second kappa shape index (κ2) is 11.4. The van der Waals surface area contributed by atoms with Gasteiger partial charge in [0.1, 0.15) is 0 Å². The van der Waals surface area contributed by atoms with Gasteiger partial charge in [-0.15, -0.1) is 0 Å². The van der Waals surface area contributed by atoms with Gasteiger partial charge in [0.15, 0.2) is 30.4 Å². The Balaban J connectivity index is -0.0000000817. The average molecular weight is 622 g/mol. The quantitative estimate of drug-likeness (QED) is 0.191. The van der Waals surface area contributed by atoms with E-state index < -0.39 is 46.9 Å². The van der Waals surface area contributed by atoms with Crippen molar-refractivity contribution < 1.29 is 124 Å². The zero-order valence-corrected chi connectivity index (χ0v) is 15.4. The van der Waals surface area contributed by atoms with E-state index in [1.807, 2.05) is 0 Å². The van der Waals surface area contributed by atoms with Crippen LogP contribution in [0.1, 0.15) is 0 Å². The molecule has 0 atom stereocenters. The molecule has 0 heterocycles. The summed E-state index contributed by atoms with van der Waals surface area (Å²) in [6.45, 7) is 0. The SMILES string of the molecule is O.O=S(=O)([O-])C(F)(F)F.O=S(=O)([O-])C(F)(F)F.O=S(=O)([O-])C(F)(F)F.[Gd+3]. The van der Waals surface area contributed by atoms with Crippen molar-refractivity contribution in [1.29, 1.82) is 0 Å². The van der Waals surface area contributed by atoms with E-state index in [1.165, 1.54) is 0 Å². The van der Waals surface area contributed by atoms with Crippen molar-refractivity contribution in [3.8, 4) is 0 Å². The Morgan fingerprint density at radius 1 is 0.462 bits per heavy atom. The molecule has 0 aliphatic heterocycles. The summed E-state index contributed by atoms with van der Waals surface area (Å²) in [5.74, 6) is 0. The molecule has 163 valence electrons. The fourth-order valence-corrected chi connectivity index (χ4v) is 0. The van der Waals surface area contributed by atoms with Gasteiger partial charge >= 0.3 is 56.5 Å². The number of halogens is 9. The Morgan fingerprint density at radius 2 is 0.500 bits per heavy atom. The largest absolute Gasteiger partial charge is 3.00 e. The molecule has 0 bridgehead atoms. The molecule has 0 saturated heterocycles. The van der Waals surface area contributed by atoms with Gasteiger partial charge in [-0.25, -0.2) is 25.3 Å². The van der Waals surface area contributed by atoms with Gasteiger partial charge in [0.2, 0.25) is 0 Å². The van der Waals surface area contributed by atoms with Crippen molar-refractivity contribution in [1.82, 2.24) is 0 Å². The van der Waals surface area contributed by atoms with Gasteiger partial charge in [0.05, 0.1) is 0 Å². The van der Waals surface area contributed by atoms with Crippen molar-refractivity contribution in [3.05, 3.63) is 0 Å². The van der Waals surface area contributed by atoms with Gasteiger partial charge in [-0.2, -0.15) is 39.5 Å². The topological polar surface area (TPSA) is 203 Å². The molecule has 0 rings (SSSR count). The van der Waals surface area contributed by atoms with Crippen LogP contribution < -0.4 is 0 Å². The molecule has 10 nitrogen and oxygen atoms in total. The van der Waals surface area contributed by atoms with Crippen LogP contribution >= 0.6 is 0 Å².